The van der Waals surface area contributed by atoms with E-state index >= 15 is 0 Å². The fourth-order valence-corrected chi connectivity index (χ4v) is 8.10. The van der Waals surface area contributed by atoms with Crippen LogP contribution >= 0.6 is 0 Å². The van der Waals surface area contributed by atoms with Gasteiger partial charge in [-0.1, -0.05) is 32.1 Å². The number of fused-ring (bicyclic) bond motifs is 2. The molecule has 5 N–H and O–H groups in total. The largest absolute Gasteiger partial charge is 0.387 e. The van der Waals surface area contributed by atoms with Crippen LogP contribution < -0.4 is 11.5 Å². The molecule has 0 spiro atoms. The van der Waals surface area contributed by atoms with Crippen LogP contribution in [0.5, 0.6) is 0 Å². The normalized spacial score (nSPS) is 43.5. The van der Waals surface area contributed by atoms with E-state index in [0.29, 0.717) is 23.7 Å². The second-order valence-corrected chi connectivity index (χ2v) is 11.5. The highest BCUT2D eigenvalue weighted by atomic mass is 16.2. The van der Waals surface area contributed by atoms with Crippen LogP contribution in [0.3, 0.4) is 0 Å². The Labute approximate surface area is 188 Å². The average molecular weight is 430 g/mol. The molecule has 3 saturated carbocycles. The summed E-state index contributed by atoms with van der Waals surface area (Å²) in [5.41, 5.74) is 12.1. The zero-order valence-corrected chi connectivity index (χ0v) is 19.2. The third-order valence-corrected chi connectivity index (χ3v) is 9.74. The van der Waals surface area contributed by atoms with Crippen molar-refractivity contribution in [3.63, 3.8) is 0 Å². The highest BCUT2D eigenvalue weighted by Crippen LogP contribution is 2.47. The summed E-state index contributed by atoms with van der Waals surface area (Å²) < 4.78 is 0. The summed E-state index contributed by atoms with van der Waals surface area (Å²) in [6, 6.07) is 0.594. The Morgan fingerprint density at radius 3 is 2.52 bits per heavy atom. The van der Waals surface area contributed by atoms with Crippen molar-refractivity contribution in [2.75, 3.05) is 19.6 Å². The smallest absolute Gasteiger partial charge is 0.240 e. The third kappa shape index (κ3) is 4.27. The van der Waals surface area contributed by atoms with Gasteiger partial charge in [0.1, 0.15) is 0 Å². The fraction of sp³-hybridized carbons (Fsp3) is 0.920. The lowest BCUT2D eigenvalue weighted by Gasteiger charge is -2.45. The predicted molar refractivity (Wildman–Crippen MR) is 124 cm³/mol. The summed E-state index contributed by atoms with van der Waals surface area (Å²) in [6.07, 6.45) is 14.8. The molecule has 0 radical (unpaired) electrons. The average Bonchev–Trinajstić information content (AvgIpc) is 3.37. The molecule has 8 atom stereocenters. The molecule has 5 rings (SSSR count). The van der Waals surface area contributed by atoms with E-state index in [0.717, 1.165) is 69.5 Å². The van der Waals surface area contributed by atoms with Gasteiger partial charge in [0.2, 0.25) is 5.91 Å². The highest BCUT2D eigenvalue weighted by Gasteiger charge is 2.50. The Bertz CT molecular complexity index is 681. The number of hydrogen-bond acceptors (Lipinski definition) is 4. The van der Waals surface area contributed by atoms with E-state index in [9.17, 15) is 4.79 Å². The quantitative estimate of drug-likeness (QED) is 0.472. The SMILES string of the molecule is N=C(N)C1CCC2CC(C(=O)N3CC[C@@H](N)C3)N(CC3CCCC4CCCCC43)C2C1. The number of hydrogen-bond donors (Lipinski definition) is 3. The van der Waals surface area contributed by atoms with E-state index in [1.807, 2.05) is 4.90 Å². The van der Waals surface area contributed by atoms with Crippen molar-refractivity contribution in [1.82, 2.24) is 9.80 Å². The van der Waals surface area contributed by atoms with Gasteiger partial charge in [-0.15, -0.1) is 0 Å². The van der Waals surface area contributed by atoms with Crippen molar-refractivity contribution < 1.29 is 4.79 Å². The van der Waals surface area contributed by atoms with Crippen molar-refractivity contribution in [3.05, 3.63) is 0 Å². The maximum atomic E-state index is 13.6. The van der Waals surface area contributed by atoms with E-state index in [1.165, 1.54) is 44.9 Å². The van der Waals surface area contributed by atoms with Gasteiger partial charge in [-0.05, 0) is 68.6 Å². The molecule has 0 aromatic carbocycles. The van der Waals surface area contributed by atoms with Gasteiger partial charge in [0.15, 0.2) is 0 Å². The molecule has 7 unspecified atom stereocenters. The number of nitrogens with one attached hydrogen (secondary N) is 1. The summed E-state index contributed by atoms with van der Waals surface area (Å²) in [5.74, 6) is 4.00. The maximum absolute atomic E-state index is 13.6. The number of amides is 1. The fourth-order valence-electron chi connectivity index (χ4n) is 8.10. The van der Waals surface area contributed by atoms with Gasteiger partial charge in [-0.25, -0.2) is 0 Å². The minimum absolute atomic E-state index is 0.0231. The van der Waals surface area contributed by atoms with Gasteiger partial charge >= 0.3 is 0 Å². The van der Waals surface area contributed by atoms with Gasteiger partial charge in [-0.2, -0.15) is 0 Å². The first kappa shape index (κ1) is 21.7. The molecule has 5 fully saturated rings. The number of rotatable bonds is 4. The van der Waals surface area contributed by atoms with Gasteiger partial charge in [-0.3, -0.25) is 15.1 Å². The van der Waals surface area contributed by atoms with E-state index in [4.69, 9.17) is 16.9 Å². The van der Waals surface area contributed by atoms with Gasteiger partial charge in [0, 0.05) is 37.6 Å². The number of carbonyl (C=O) groups excluding carboxylic acids is 1. The lowest BCUT2D eigenvalue weighted by atomic mass is 9.65. The molecule has 2 heterocycles. The lowest BCUT2D eigenvalue weighted by Crippen LogP contribution is -2.52. The first-order valence-corrected chi connectivity index (χ1v) is 13.1. The first-order valence-electron chi connectivity index (χ1n) is 13.1. The molecular weight excluding hydrogens is 386 g/mol. The molecule has 2 aliphatic heterocycles. The van der Waals surface area contributed by atoms with Crippen LogP contribution in [0.2, 0.25) is 0 Å². The van der Waals surface area contributed by atoms with E-state index in [2.05, 4.69) is 4.90 Å². The molecule has 6 heteroatoms. The second kappa shape index (κ2) is 9.01. The minimum Gasteiger partial charge on any atom is -0.387 e. The molecule has 6 nitrogen and oxygen atoms in total. The highest BCUT2D eigenvalue weighted by molar-refractivity contribution is 5.83. The van der Waals surface area contributed by atoms with Crippen LogP contribution in [-0.2, 0) is 4.79 Å². The third-order valence-electron chi connectivity index (χ3n) is 9.74. The summed E-state index contributed by atoms with van der Waals surface area (Å²) in [6.45, 7) is 2.63. The zero-order chi connectivity index (χ0) is 21.5. The standard InChI is InChI=1S/C25H43N5O/c26-20-10-11-29(15-20)25(31)23-12-17-8-9-18(24(27)28)13-22(17)30(23)14-19-6-3-5-16-4-1-2-7-21(16)19/h16-23H,1-15,26H2,(H3,27,28)/t16?,17?,18?,19?,20-,21?,22?,23?/m1/s1. The number of amidine groups is 1. The van der Waals surface area contributed by atoms with E-state index in [-0.39, 0.29) is 18.0 Å². The predicted octanol–water partition coefficient (Wildman–Crippen LogP) is 2.95. The Morgan fingerprint density at radius 2 is 1.74 bits per heavy atom. The topological polar surface area (TPSA) is 99.4 Å². The molecule has 0 aromatic rings. The van der Waals surface area contributed by atoms with E-state index in [1.54, 1.807) is 0 Å². The Morgan fingerprint density at radius 1 is 0.935 bits per heavy atom. The van der Waals surface area contributed by atoms with Crippen molar-refractivity contribution in [2.24, 2.45) is 41.1 Å². The molecule has 31 heavy (non-hydrogen) atoms. The van der Waals surface area contributed by atoms with Crippen molar-refractivity contribution >= 4 is 11.7 Å². The molecule has 5 aliphatic rings. The van der Waals surface area contributed by atoms with Crippen LogP contribution in [0.15, 0.2) is 0 Å². The summed E-state index contributed by atoms with van der Waals surface area (Å²) in [4.78, 5) is 18.3. The van der Waals surface area contributed by atoms with Gasteiger partial charge in [0.05, 0.1) is 11.9 Å². The number of likely N-dealkylation sites (tertiary alicyclic amines) is 2. The van der Waals surface area contributed by atoms with Gasteiger partial charge < -0.3 is 16.4 Å². The Kier molecular flexibility index (Phi) is 6.31. The Hall–Kier alpha value is -1.14. The molecule has 3 aliphatic carbocycles. The maximum Gasteiger partial charge on any atom is 0.240 e. The van der Waals surface area contributed by atoms with Gasteiger partial charge in [0.25, 0.3) is 0 Å². The van der Waals surface area contributed by atoms with Crippen LogP contribution in [0.1, 0.15) is 77.0 Å². The zero-order valence-electron chi connectivity index (χ0n) is 19.2. The second-order valence-electron chi connectivity index (χ2n) is 11.5. The number of nitrogens with two attached hydrogens (primary N) is 2. The van der Waals surface area contributed by atoms with Crippen LogP contribution in [-0.4, -0.2) is 59.3 Å². The van der Waals surface area contributed by atoms with Crippen LogP contribution in [0.4, 0.5) is 0 Å². The molecule has 174 valence electrons. The van der Waals surface area contributed by atoms with Crippen molar-refractivity contribution in [2.45, 2.75) is 95.2 Å². The molecular formula is C25H43N5O. The number of nitrogens with zero attached hydrogens (tertiary/aromatic N) is 2. The first-order chi connectivity index (χ1) is 15.0. The molecule has 0 bridgehead atoms. The lowest BCUT2D eigenvalue weighted by molar-refractivity contribution is -0.136. The molecule has 0 aromatic heterocycles. The summed E-state index contributed by atoms with van der Waals surface area (Å²) in [7, 11) is 0. The Balaban J connectivity index is 1.36. The number of carbonyl (C=O) groups is 1. The summed E-state index contributed by atoms with van der Waals surface area (Å²) in [5, 5.41) is 8.04. The van der Waals surface area contributed by atoms with Crippen molar-refractivity contribution in [3.8, 4) is 0 Å². The van der Waals surface area contributed by atoms with E-state index < -0.39 is 0 Å². The summed E-state index contributed by atoms with van der Waals surface area (Å²) >= 11 is 0. The van der Waals surface area contributed by atoms with Crippen LogP contribution in [0.25, 0.3) is 0 Å². The molecule has 2 saturated heterocycles. The molecule has 1 amide bonds. The minimum atomic E-state index is 0.0231. The van der Waals surface area contributed by atoms with Crippen LogP contribution in [0, 0.1) is 35.0 Å². The van der Waals surface area contributed by atoms with Crippen molar-refractivity contribution in [1.29, 1.82) is 5.41 Å². The monoisotopic (exact) mass is 429 g/mol.